The zero-order chi connectivity index (χ0) is 22.2. The highest BCUT2D eigenvalue weighted by atomic mass is 19.1. The summed E-state index contributed by atoms with van der Waals surface area (Å²) in [6.45, 7) is 0.944. The van der Waals surface area contributed by atoms with Gasteiger partial charge in [-0.1, -0.05) is 0 Å². The highest BCUT2D eigenvalue weighted by Gasteiger charge is 2.39. The lowest BCUT2D eigenvalue weighted by Gasteiger charge is -2.12. The van der Waals surface area contributed by atoms with E-state index in [0.717, 1.165) is 12.8 Å². The van der Waals surface area contributed by atoms with Crippen molar-refractivity contribution >= 4 is 28.9 Å². The molecule has 1 amide bonds. The minimum absolute atomic E-state index is 0.200. The summed E-state index contributed by atoms with van der Waals surface area (Å²) in [4.78, 5) is 29.9. The zero-order valence-electron chi connectivity index (χ0n) is 17.5. The van der Waals surface area contributed by atoms with Crippen molar-refractivity contribution in [2.45, 2.75) is 44.1 Å². The molecule has 0 aliphatic heterocycles. The molecule has 3 aromatic heterocycles. The lowest BCUT2D eigenvalue weighted by molar-refractivity contribution is 0.0949. The fourth-order valence-electron chi connectivity index (χ4n) is 3.42. The number of amides is 1. The van der Waals surface area contributed by atoms with Gasteiger partial charge in [0, 0.05) is 32.3 Å². The molecule has 0 unspecified atom stereocenters. The van der Waals surface area contributed by atoms with Crippen molar-refractivity contribution < 1.29 is 13.9 Å². The van der Waals surface area contributed by atoms with E-state index in [2.05, 4.69) is 26.0 Å². The largest absolute Gasteiger partial charge is 0.376 e. The first-order chi connectivity index (χ1) is 15.5. The minimum Gasteiger partial charge on any atom is -0.376 e. The van der Waals surface area contributed by atoms with Crippen molar-refractivity contribution in [1.82, 2.24) is 24.5 Å². The first kappa shape index (κ1) is 20.4. The van der Waals surface area contributed by atoms with Gasteiger partial charge in [-0.15, -0.1) is 0 Å². The third-order valence-corrected chi connectivity index (χ3v) is 5.49. The van der Waals surface area contributed by atoms with E-state index < -0.39 is 18.1 Å². The summed E-state index contributed by atoms with van der Waals surface area (Å²) in [5, 5.41) is 12.9. The number of carbonyl (C=O) groups is 1. The molecule has 2 atom stereocenters. The summed E-state index contributed by atoms with van der Waals surface area (Å²) in [5.74, 6) is 0.505. The first-order valence-electron chi connectivity index (χ1n) is 10.6. The van der Waals surface area contributed by atoms with Gasteiger partial charge in [-0.2, -0.15) is 9.61 Å². The van der Waals surface area contributed by atoms with E-state index in [4.69, 9.17) is 4.74 Å². The maximum absolute atomic E-state index is 13.2. The van der Waals surface area contributed by atoms with Crippen LogP contribution in [0.15, 0.2) is 35.4 Å². The Labute approximate surface area is 182 Å². The van der Waals surface area contributed by atoms with Crippen molar-refractivity contribution in [3.8, 4) is 0 Å². The first-order valence-corrected chi connectivity index (χ1v) is 10.6. The summed E-state index contributed by atoms with van der Waals surface area (Å²) < 4.78 is 21.9. The maximum Gasteiger partial charge on any atom is 0.274 e. The summed E-state index contributed by atoms with van der Waals surface area (Å²) in [7, 11) is 1.72. The van der Waals surface area contributed by atoms with E-state index in [1.807, 2.05) is 0 Å². The average molecular weight is 441 g/mol. The molecule has 0 spiro atoms. The second kappa shape index (κ2) is 8.23. The van der Waals surface area contributed by atoms with E-state index >= 15 is 0 Å². The van der Waals surface area contributed by atoms with Crippen LogP contribution in [-0.4, -0.2) is 57.0 Å². The van der Waals surface area contributed by atoms with Crippen LogP contribution < -0.4 is 21.5 Å². The zero-order valence-corrected chi connectivity index (χ0v) is 17.5. The van der Waals surface area contributed by atoms with Gasteiger partial charge >= 0.3 is 0 Å². The number of hydrogen-bond acceptors (Lipinski definition) is 7. The van der Waals surface area contributed by atoms with Crippen molar-refractivity contribution in [3.05, 3.63) is 46.5 Å². The van der Waals surface area contributed by atoms with Crippen molar-refractivity contribution in [2.24, 2.45) is 0 Å². The molecule has 0 radical (unpaired) electrons. The Hall–Kier alpha value is -3.47. The van der Waals surface area contributed by atoms with Crippen LogP contribution >= 0.6 is 0 Å². The SMILES string of the molecule is CNc1cc(Nc2cccn(CCOC3CC3)c2=O)nc2c(C(=O)N[C@@H]3C[C@@H]3F)cnn12. The molecule has 3 heterocycles. The smallest absolute Gasteiger partial charge is 0.274 e. The van der Waals surface area contributed by atoms with Crippen LogP contribution in [0.3, 0.4) is 0 Å². The topological polar surface area (TPSA) is 115 Å². The molecular weight excluding hydrogens is 417 g/mol. The number of nitrogens with zero attached hydrogens (tertiary/aromatic N) is 4. The van der Waals surface area contributed by atoms with E-state index in [-0.39, 0.29) is 11.1 Å². The Balaban J connectivity index is 1.40. The molecule has 0 saturated heterocycles. The number of rotatable bonds is 9. The third-order valence-electron chi connectivity index (χ3n) is 5.49. The molecule has 0 bridgehead atoms. The van der Waals surface area contributed by atoms with Gasteiger partial charge in [0.2, 0.25) is 0 Å². The van der Waals surface area contributed by atoms with Gasteiger partial charge in [-0.05, 0) is 25.0 Å². The number of nitrogens with one attached hydrogen (secondary N) is 3. The standard InChI is InChI=1S/C21H24FN7O3/c1-23-18-10-17(25-15-3-2-6-28(21(15)31)7-8-32-12-4-5-12)27-19-13(11-24-29(18)19)20(30)26-16-9-14(16)22/h2-3,6,10-12,14,16,23H,4-5,7-9H2,1H3,(H,25,27)(H,26,30)/t14-,16+/m0/s1. The molecule has 3 N–H and O–H groups in total. The second-order valence-corrected chi connectivity index (χ2v) is 8.02. The van der Waals surface area contributed by atoms with Gasteiger partial charge in [0.25, 0.3) is 11.5 Å². The molecule has 5 rings (SSSR count). The number of hydrogen-bond donors (Lipinski definition) is 3. The Bertz CT molecular complexity index is 1220. The highest BCUT2D eigenvalue weighted by Crippen LogP contribution is 2.26. The Morgan fingerprint density at radius 2 is 2.19 bits per heavy atom. The summed E-state index contributed by atoms with van der Waals surface area (Å²) >= 11 is 0. The number of ether oxygens (including phenoxy) is 1. The summed E-state index contributed by atoms with van der Waals surface area (Å²) in [6, 6.07) is 4.67. The van der Waals surface area contributed by atoms with Gasteiger partial charge in [-0.25, -0.2) is 9.37 Å². The fourth-order valence-corrected chi connectivity index (χ4v) is 3.42. The van der Waals surface area contributed by atoms with Crippen LogP contribution in [0.25, 0.3) is 5.65 Å². The minimum atomic E-state index is -1.01. The van der Waals surface area contributed by atoms with Crippen LogP contribution in [0, 0.1) is 0 Å². The van der Waals surface area contributed by atoms with E-state index in [0.29, 0.717) is 48.6 Å². The van der Waals surface area contributed by atoms with E-state index in [9.17, 15) is 14.0 Å². The summed E-state index contributed by atoms with van der Waals surface area (Å²) in [6.07, 6.45) is 4.93. The number of anilines is 3. The van der Waals surface area contributed by atoms with Crippen LogP contribution in [0.4, 0.5) is 21.7 Å². The monoisotopic (exact) mass is 441 g/mol. The molecule has 168 valence electrons. The lowest BCUT2D eigenvalue weighted by atomic mass is 10.3. The quantitative estimate of drug-likeness (QED) is 0.463. The van der Waals surface area contributed by atoms with E-state index in [1.165, 1.54) is 10.7 Å². The van der Waals surface area contributed by atoms with Crippen molar-refractivity contribution in [3.63, 3.8) is 0 Å². The summed E-state index contributed by atoms with van der Waals surface area (Å²) in [5.41, 5.74) is 0.671. The molecular formula is C21H24FN7O3. The van der Waals surface area contributed by atoms with Gasteiger partial charge in [-0.3, -0.25) is 9.59 Å². The third kappa shape index (κ3) is 4.15. The normalized spacial score (nSPS) is 19.7. The molecule has 10 nitrogen and oxygen atoms in total. The molecule has 11 heteroatoms. The van der Waals surface area contributed by atoms with Crippen molar-refractivity contribution in [1.29, 1.82) is 0 Å². The van der Waals surface area contributed by atoms with Crippen LogP contribution in [-0.2, 0) is 11.3 Å². The highest BCUT2D eigenvalue weighted by molar-refractivity contribution is 6.00. The second-order valence-electron chi connectivity index (χ2n) is 8.02. The Morgan fingerprint density at radius 1 is 1.38 bits per heavy atom. The molecule has 32 heavy (non-hydrogen) atoms. The number of aromatic nitrogens is 4. The van der Waals surface area contributed by atoms with Crippen LogP contribution in [0.1, 0.15) is 29.6 Å². The van der Waals surface area contributed by atoms with Gasteiger partial charge in [0.1, 0.15) is 29.1 Å². The van der Waals surface area contributed by atoms with Gasteiger partial charge < -0.3 is 25.3 Å². The maximum atomic E-state index is 13.2. The molecule has 0 aromatic carbocycles. The molecule has 3 aromatic rings. The Kier molecular flexibility index (Phi) is 5.25. The van der Waals surface area contributed by atoms with E-state index in [1.54, 1.807) is 36.0 Å². The average Bonchev–Trinajstić information content (AvgIpc) is 3.69. The lowest BCUT2D eigenvalue weighted by Crippen LogP contribution is -2.27. The Morgan fingerprint density at radius 3 is 2.91 bits per heavy atom. The van der Waals surface area contributed by atoms with Crippen LogP contribution in [0.5, 0.6) is 0 Å². The number of pyridine rings is 1. The predicted octanol–water partition coefficient (Wildman–Crippen LogP) is 1.70. The van der Waals surface area contributed by atoms with Gasteiger partial charge in [0.15, 0.2) is 5.65 Å². The molecule has 2 saturated carbocycles. The number of halogens is 1. The van der Waals surface area contributed by atoms with Crippen molar-refractivity contribution in [2.75, 3.05) is 24.3 Å². The van der Waals surface area contributed by atoms with Crippen LogP contribution in [0.2, 0.25) is 0 Å². The predicted molar refractivity (Wildman–Crippen MR) is 116 cm³/mol. The van der Waals surface area contributed by atoms with Gasteiger partial charge in [0.05, 0.1) is 24.9 Å². The number of alkyl halides is 1. The fraction of sp³-hybridized carbons (Fsp3) is 0.429. The number of carbonyl (C=O) groups excluding carboxylic acids is 1. The molecule has 2 aliphatic rings. The molecule has 2 aliphatic carbocycles. The molecule has 2 fully saturated rings. The number of fused-ring (bicyclic) bond motifs is 1.